The topological polar surface area (TPSA) is 92.3 Å². The summed E-state index contributed by atoms with van der Waals surface area (Å²) < 4.78 is 19.2. The van der Waals surface area contributed by atoms with Gasteiger partial charge in [-0.05, 0) is 89.8 Å². The summed E-state index contributed by atoms with van der Waals surface area (Å²) in [5, 5.41) is 15.5. The van der Waals surface area contributed by atoms with E-state index in [4.69, 9.17) is 14.2 Å². The number of likely N-dealkylation sites (tertiary alicyclic amines) is 1. The zero-order valence-corrected chi connectivity index (χ0v) is 28.6. The van der Waals surface area contributed by atoms with Crippen LogP contribution in [0.5, 0.6) is 11.5 Å². The van der Waals surface area contributed by atoms with Gasteiger partial charge in [0, 0.05) is 42.5 Å². The van der Waals surface area contributed by atoms with Crippen molar-refractivity contribution in [3.8, 4) is 11.5 Å². The number of carbonyl (C=O) groups is 1. The molecule has 0 aromatic heterocycles. The number of ether oxygens (including phenoxy) is 3. The van der Waals surface area contributed by atoms with E-state index in [1.807, 2.05) is 91.0 Å². The molecule has 8 nitrogen and oxygen atoms in total. The van der Waals surface area contributed by atoms with Crippen LogP contribution in [-0.4, -0.2) is 41.3 Å². The quantitative estimate of drug-likeness (QED) is 0.166. The van der Waals surface area contributed by atoms with E-state index >= 15 is 0 Å². The predicted molar refractivity (Wildman–Crippen MR) is 192 cm³/mol. The zero-order chi connectivity index (χ0) is 34.0. The van der Waals surface area contributed by atoms with Crippen molar-refractivity contribution in [3.05, 3.63) is 120 Å². The number of carbonyl (C=O) groups excluding carboxylic acids is 1. The summed E-state index contributed by atoms with van der Waals surface area (Å²) in [4.78, 5) is 15.7. The fourth-order valence-electron chi connectivity index (χ4n) is 8.37. The smallest absolute Gasteiger partial charge is 0.323 e. The highest BCUT2D eigenvalue weighted by Gasteiger charge is 2.50. The number of amides is 2. The van der Waals surface area contributed by atoms with E-state index in [9.17, 15) is 9.90 Å². The summed E-state index contributed by atoms with van der Waals surface area (Å²) in [7, 11) is 0. The van der Waals surface area contributed by atoms with Gasteiger partial charge >= 0.3 is 6.03 Å². The van der Waals surface area contributed by atoms with Gasteiger partial charge in [0.2, 0.25) is 0 Å². The Morgan fingerprint density at radius 3 is 2.33 bits per heavy atom. The third-order valence-corrected chi connectivity index (χ3v) is 10.1. The van der Waals surface area contributed by atoms with Gasteiger partial charge in [0.1, 0.15) is 11.5 Å². The molecule has 4 aromatic rings. The molecular weight excluding hydrogens is 614 g/mol. The van der Waals surface area contributed by atoms with E-state index in [-0.39, 0.29) is 24.8 Å². The lowest BCUT2D eigenvalue weighted by Crippen LogP contribution is -2.42. The molecule has 3 aliphatic rings. The molecule has 0 spiro atoms. The Balaban J connectivity index is 1.03. The van der Waals surface area contributed by atoms with Crippen molar-refractivity contribution in [2.45, 2.75) is 77.6 Å². The summed E-state index contributed by atoms with van der Waals surface area (Å²) in [6.07, 6.45) is 3.66. The van der Waals surface area contributed by atoms with Gasteiger partial charge in [0.15, 0.2) is 6.29 Å². The second kappa shape index (κ2) is 14.0. The standard InChI is InChI=1S/C41H47N3O5/c1-40(2)22-33-23-41(3,26-40)27-44(33)24-36-21-37(29-14-12-28(25-45)13-15-29)49-38(48-36)30-8-7-9-32(20-30)43-39(46)42-31-16-18-35(19-17-31)47-34-10-5-4-6-11-34/h4-20,33,36-38,45H,21-27H2,1-3H3,(H2,42,43,46)/t33?,36-,37+,38+,41?/m1/s1. The van der Waals surface area contributed by atoms with Crippen molar-refractivity contribution in [2.75, 3.05) is 23.7 Å². The number of nitrogens with zero attached hydrogens (tertiary/aromatic N) is 1. The fraction of sp³-hybridized carbons (Fsp3) is 0.390. The van der Waals surface area contributed by atoms with Crippen LogP contribution in [0.2, 0.25) is 0 Å². The molecule has 2 amide bonds. The lowest BCUT2D eigenvalue weighted by molar-refractivity contribution is -0.253. The van der Waals surface area contributed by atoms with Gasteiger partial charge in [-0.15, -0.1) is 0 Å². The van der Waals surface area contributed by atoms with Crippen molar-refractivity contribution in [2.24, 2.45) is 10.8 Å². The molecule has 256 valence electrons. The van der Waals surface area contributed by atoms with E-state index < -0.39 is 6.29 Å². The second-order valence-corrected chi connectivity index (χ2v) is 15.1. The summed E-state index contributed by atoms with van der Waals surface area (Å²) in [6.45, 7) is 9.23. The lowest BCUT2D eigenvalue weighted by atomic mass is 9.65. The molecule has 3 N–H and O–H groups in total. The molecule has 2 unspecified atom stereocenters. The Kier molecular flexibility index (Phi) is 9.48. The molecular formula is C41H47N3O5. The minimum atomic E-state index is -0.600. The molecule has 4 aromatic carbocycles. The van der Waals surface area contributed by atoms with Gasteiger partial charge in [0.25, 0.3) is 0 Å². The molecule has 3 fully saturated rings. The number of hydrogen-bond acceptors (Lipinski definition) is 6. The van der Waals surface area contributed by atoms with Gasteiger partial charge in [-0.2, -0.15) is 0 Å². The van der Waals surface area contributed by atoms with Crippen molar-refractivity contribution >= 4 is 17.4 Å². The summed E-state index contributed by atoms with van der Waals surface area (Å²) >= 11 is 0. The van der Waals surface area contributed by atoms with Gasteiger partial charge in [0.05, 0.1) is 18.8 Å². The largest absolute Gasteiger partial charge is 0.457 e. The highest BCUT2D eigenvalue weighted by molar-refractivity contribution is 5.99. The first-order valence-electron chi connectivity index (χ1n) is 17.4. The monoisotopic (exact) mass is 661 g/mol. The molecule has 1 saturated carbocycles. The molecule has 0 radical (unpaired) electrons. The van der Waals surface area contributed by atoms with Crippen molar-refractivity contribution in [1.82, 2.24) is 4.90 Å². The maximum absolute atomic E-state index is 13.0. The van der Waals surface area contributed by atoms with Gasteiger partial charge < -0.3 is 30.0 Å². The Bertz CT molecular complexity index is 1730. The molecule has 2 saturated heterocycles. The minimum absolute atomic E-state index is 0.00693. The Hall–Kier alpha value is -4.21. The van der Waals surface area contributed by atoms with Crippen LogP contribution in [0.15, 0.2) is 103 Å². The minimum Gasteiger partial charge on any atom is -0.457 e. The van der Waals surface area contributed by atoms with Crippen LogP contribution in [0.3, 0.4) is 0 Å². The highest BCUT2D eigenvalue weighted by atomic mass is 16.7. The van der Waals surface area contributed by atoms with Crippen molar-refractivity contribution in [1.29, 1.82) is 0 Å². The van der Waals surface area contributed by atoms with Gasteiger partial charge in [-0.3, -0.25) is 4.90 Å². The SMILES string of the molecule is CC1(C)CC2CC(C)(CN2C[C@H]2C[C@@H](c3ccc(CO)cc3)O[C@@H](c3cccc(NC(=O)Nc4ccc(Oc5ccccc5)cc4)c3)O2)C1. The molecule has 2 heterocycles. The van der Waals surface area contributed by atoms with E-state index in [1.165, 1.54) is 19.3 Å². The highest BCUT2D eigenvalue weighted by Crippen LogP contribution is 2.53. The molecule has 2 aliphatic heterocycles. The Labute approximate surface area is 289 Å². The van der Waals surface area contributed by atoms with Crippen molar-refractivity contribution in [3.63, 3.8) is 0 Å². The summed E-state index contributed by atoms with van der Waals surface area (Å²) in [5.74, 6) is 1.44. The molecule has 7 rings (SSSR count). The predicted octanol–water partition coefficient (Wildman–Crippen LogP) is 9.06. The maximum atomic E-state index is 13.0. The van der Waals surface area contributed by atoms with Crippen LogP contribution < -0.4 is 15.4 Å². The van der Waals surface area contributed by atoms with Crippen LogP contribution >= 0.6 is 0 Å². The molecule has 2 bridgehead atoms. The third kappa shape index (κ3) is 8.16. The first-order chi connectivity index (χ1) is 23.6. The maximum Gasteiger partial charge on any atom is 0.323 e. The van der Waals surface area contributed by atoms with Crippen LogP contribution in [0.25, 0.3) is 0 Å². The average Bonchev–Trinajstić information content (AvgIpc) is 3.32. The number of nitrogens with one attached hydrogen (secondary N) is 2. The molecule has 1 aliphatic carbocycles. The summed E-state index contributed by atoms with van der Waals surface area (Å²) in [6, 6.07) is 32.7. The van der Waals surface area contributed by atoms with E-state index in [0.717, 1.165) is 42.0 Å². The van der Waals surface area contributed by atoms with E-state index in [0.29, 0.717) is 34.0 Å². The number of anilines is 2. The number of para-hydroxylation sites is 1. The number of benzene rings is 4. The summed E-state index contributed by atoms with van der Waals surface area (Å²) in [5.41, 5.74) is 4.76. The number of aliphatic hydroxyl groups is 1. The number of aliphatic hydroxyl groups excluding tert-OH is 1. The Morgan fingerprint density at radius 2 is 1.57 bits per heavy atom. The van der Waals surface area contributed by atoms with Crippen LogP contribution in [0.1, 0.15) is 75.5 Å². The Morgan fingerprint density at radius 1 is 0.837 bits per heavy atom. The zero-order valence-electron chi connectivity index (χ0n) is 28.6. The van der Waals surface area contributed by atoms with E-state index in [2.05, 4.69) is 36.3 Å². The first kappa shape index (κ1) is 33.3. The molecule has 8 heteroatoms. The first-order valence-corrected chi connectivity index (χ1v) is 17.4. The normalized spacial score (nSPS) is 26.2. The second-order valence-electron chi connectivity index (χ2n) is 15.1. The number of urea groups is 1. The average molecular weight is 662 g/mol. The molecule has 49 heavy (non-hydrogen) atoms. The fourth-order valence-corrected chi connectivity index (χ4v) is 8.37. The third-order valence-electron chi connectivity index (χ3n) is 10.1. The van der Waals surface area contributed by atoms with Crippen molar-refractivity contribution < 1.29 is 24.1 Å². The number of fused-ring (bicyclic) bond motifs is 2. The number of hydrogen-bond donors (Lipinski definition) is 3. The molecule has 5 atom stereocenters. The van der Waals surface area contributed by atoms with Gasteiger partial charge in [-0.1, -0.05) is 75.4 Å². The van der Waals surface area contributed by atoms with Crippen LogP contribution in [0, 0.1) is 10.8 Å². The van der Waals surface area contributed by atoms with Crippen LogP contribution in [-0.2, 0) is 16.1 Å². The van der Waals surface area contributed by atoms with Crippen LogP contribution in [0.4, 0.5) is 16.2 Å². The van der Waals surface area contributed by atoms with Gasteiger partial charge in [-0.25, -0.2) is 4.79 Å². The van der Waals surface area contributed by atoms with E-state index in [1.54, 1.807) is 12.1 Å². The number of rotatable bonds is 9. The lowest BCUT2D eigenvalue weighted by Gasteiger charge is -2.41.